The van der Waals surface area contributed by atoms with Crippen LogP contribution in [0.3, 0.4) is 0 Å². The summed E-state index contributed by atoms with van der Waals surface area (Å²) in [6, 6.07) is 22.2. The summed E-state index contributed by atoms with van der Waals surface area (Å²) in [5.41, 5.74) is 2.68. The number of thioether (sulfide) groups is 1. The molecule has 0 saturated carbocycles. The molecule has 1 N–H and O–H groups in total. The van der Waals surface area contributed by atoms with Crippen LogP contribution in [0.5, 0.6) is 0 Å². The van der Waals surface area contributed by atoms with Gasteiger partial charge in [0, 0.05) is 16.9 Å². The maximum atomic E-state index is 12.9. The van der Waals surface area contributed by atoms with E-state index in [1.165, 1.54) is 12.1 Å². The Hall–Kier alpha value is -2.70. The van der Waals surface area contributed by atoms with Gasteiger partial charge in [0.2, 0.25) is 5.91 Å². The van der Waals surface area contributed by atoms with E-state index in [-0.39, 0.29) is 11.7 Å². The quantitative estimate of drug-likeness (QED) is 0.269. The fourth-order valence-corrected chi connectivity index (χ4v) is 4.79. The Morgan fingerprint density at radius 1 is 1.00 bits per heavy atom. The number of carbonyl (C=O) groups is 1. The van der Waals surface area contributed by atoms with Crippen LogP contribution in [0, 0.1) is 5.82 Å². The molecular weight excluding hydrogens is 403 g/mol. The number of hydrogen-bond donors (Lipinski definition) is 1. The number of thiazole rings is 1. The number of rotatable bonds is 7. The Bertz CT molecular complexity index is 1090. The number of carbonyl (C=O) groups excluding carboxylic acids is 1. The zero-order valence-corrected chi connectivity index (χ0v) is 17.2. The first-order chi connectivity index (χ1) is 14.2. The van der Waals surface area contributed by atoms with Crippen LogP contribution >= 0.6 is 23.1 Å². The van der Waals surface area contributed by atoms with Crippen LogP contribution in [-0.4, -0.2) is 16.6 Å². The number of benzene rings is 3. The molecule has 6 heteroatoms. The summed E-state index contributed by atoms with van der Waals surface area (Å²) in [4.78, 5) is 18.1. The van der Waals surface area contributed by atoms with Gasteiger partial charge in [0.1, 0.15) is 10.8 Å². The number of para-hydroxylation sites is 2. The minimum absolute atomic E-state index is 0.0155. The molecule has 3 aromatic carbocycles. The molecule has 0 atom stereocenters. The molecule has 0 radical (unpaired) electrons. The van der Waals surface area contributed by atoms with E-state index in [0.29, 0.717) is 6.42 Å². The minimum atomic E-state index is -0.236. The second kappa shape index (κ2) is 9.20. The van der Waals surface area contributed by atoms with E-state index in [2.05, 4.69) is 11.4 Å². The number of aromatic nitrogens is 1. The molecule has 3 nitrogen and oxygen atoms in total. The summed E-state index contributed by atoms with van der Waals surface area (Å²) in [6.45, 7) is 0. The smallest absolute Gasteiger partial charge is 0.224 e. The number of anilines is 1. The highest BCUT2D eigenvalue weighted by Gasteiger charge is 2.12. The minimum Gasteiger partial charge on any atom is -0.325 e. The van der Waals surface area contributed by atoms with Crippen LogP contribution < -0.4 is 5.32 Å². The average molecular weight is 423 g/mol. The molecule has 4 rings (SSSR count). The highest BCUT2D eigenvalue weighted by atomic mass is 32.2. The number of nitrogens with one attached hydrogen (secondary N) is 1. The van der Waals surface area contributed by atoms with Crippen molar-refractivity contribution >= 4 is 44.9 Å². The van der Waals surface area contributed by atoms with Gasteiger partial charge in [-0.05, 0) is 60.7 Å². The molecule has 1 amide bonds. The third-order valence-corrected chi connectivity index (χ3v) is 6.52. The van der Waals surface area contributed by atoms with E-state index in [1.807, 2.05) is 42.5 Å². The van der Waals surface area contributed by atoms with Crippen LogP contribution in [0.4, 0.5) is 10.1 Å². The normalized spacial score (nSPS) is 10.9. The zero-order valence-electron chi connectivity index (χ0n) is 15.6. The Labute approximate surface area is 177 Å². The number of fused-ring (bicyclic) bond motifs is 1. The average Bonchev–Trinajstić information content (AvgIpc) is 3.17. The van der Waals surface area contributed by atoms with Crippen LogP contribution in [0.1, 0.15) is 12.8 Å². The maximum absolute atomic E-state index is 12.9. The van der Waals surface area contributed by atoms with Gasteiger partial charge in [0.05, 0.1) is 15.9 Å². The van der Waals surface area contributed by atoms with E-state index in [0.717, 1.165) is 43.5 Å². The maximum Gasteiger partial charge on any atom is 0.224 e. The van der Waals surface area contributed by atoms with E-state index >= 15 is 0 Å². The number of amides is 1. The second-order valence-corrected chi connectivity index (χ2v) is 8.69. The zero-order chi connectivity index (χ0) is 20.1. The lowest BCUT2D eigenvalue weighted by Crippen LogP contribution is -2.12. The van der Waals surface area contributed by atoms with Crippen LogP contribution in [0.25, 0.3) is 20.8 Å². The number of nitrogens with zero attached hydrogens (tertiary/aromatic N) is 1. The lowest BCUT2D eigenvalue weighted by Gasteiger charge is -2.09. The van der Waals surface area contributed by atoms with Gasteiger partial charge in [-0.2, -0.15) is 0 Å². The van der Waals surface area contributed by atoms with E-state index in [4.69, 9.17) is 4.98 Å². The lowest BCUT2D eigenvalue weighted by atomic mass is 10.1. The van der Waals surface area contributed by atoms with Gasteiger partial charge in [-0.25, -0.2) is 9.37 Å². The van der Waals surface area contributed by atoms with Gasteiger partial charge in [-0.15, -0.1) is 23.1 Å². The molecule has 0 fully saturated rings. The summed E-state index contributed by atoms with van der Waals surface area (Å²) in [5, 5.41) is 3.93. The van der Waals surface area contributed by atoms with Crippen molar-refractivity contribution in [3.63, 3.8) is 0 Å². The first-order valence-electron chi connectivity index (χ1n) is 9.32. The SMILES string of the molecule is O=C(CCCSc1ccc(F)cc1)Nc1ccccc1-c1nc2ccccc2s1. The Morgan fingerprint density at radius 2 is 1.76 bits per heavy atom. The highest BCUT2D eigenvalue weighted by Crippen LogP contribution is 2.34. The van der Waals surface area contributed by atoms with E-state index in [1.54, 1.807) is 35.2 Å². The molecule has 1 aromatic heterocycles. The van der Waals surface area contributed by atoms with Crippen molar-refractivity contribution in [3.05, 3.63) is 78.6 Å². The van der Waals surface area contributed by atoms with E-state index < -0.39 is 0 Å². The predicted molar refractivity (Wildman–Crippen MR) is 120 cm³/mol. The van der Waals surface area contributed by atoms with Crippen molar-refractivity contribution in [2.24, 2.45) is 0 Å². The second-order valence-electron chi connectivity index (χ2n) is 6.49. The van der Waals surface area contributed by atoms with Gasteiger partial charge in [-0.1, -0.05) is 24.3 Å². The molecule has 0 spiro atoms. The van der Waals surface area contributed by atoms with Gasteiger partial charge >= 0.3 is 0 Å². The van der Waals surface area contributed by atoms with Crippen molar-refractivity contribution < 1.29 is 9.18 Å². The molecule has 0 aliphatic rings. The Kier molecular flexibility index (Phi) is 6.22. The molecule has 0 bridgehead atoms. The molecular formula is C23H19FN2OS2. The summed E-state index contributed by atoms with van der Waals surface area (Å²) in [7, 11) is 0. The first kappa shape index (κ1) is 19.6. The lowest BCUT2D eigenvalue weighted by molar-refractivity contribution is -0.116. The monoisotopic (exact) mass is 422 g/mol. The number of halogens is 1. The van der Waals surface area contributed by atoms with Gasteiger partial charge in [-0.3, -0.25) is 4.79 Å². The Balaban J connectivity index is 1.36. The topological polar surface area (TPSA) is 42.0 Å². The van der Waals surface area contributed by atoms with Gasteiger partial charge < -0.3 is 5.32 Å². The van der Waals surface area contributed by atoms with Gasteiger partial charge in [0.25, 0.3) is 0 Å². The molecule has 1 heterocycles. The predicted octanol–water partition coefficient (Wildman–Crippen LogP) is 6.61. The summed E-state index contributed by atoms with van der Waals surface area (Å²) in [5.74, 6) is 0.553. The van der Waals surface area contributed by atoms with E-state index in [9.17, 15) is 9.18 Å². The Morgan fingerprint density at radius 3 is 2.59 bits per heavy atom. The molecule has 0 unspecified atom stereocenters. The fraction of sp³-hybridized carbons (Fsp3) is 0.130. The van der Waals surface area contributed by atoms with Crippen LogP contribution in [-0.2, 0) is 4.79 Å². The standard InChI is InChI=1S/C23H19FN2OS2/c24-16-11-13-17(14-12-16)28-15-5-10-22(27)25-19-7-2-1-6-18(19)23-26-20-8-3-4-9-21(20)29-23/h1-4,6-9,11-14H,5,10,15H2,(H,25,27). The molecule has 0 saturated heterocycles. The summed E-state index contributed by atoms with van der Waals surface area (Å²) in [6.07, 6.45) is 1.18. The molecule has 0 aliphatic carbocycles. The van der Waals surface area contributed by atoms with Crippen LogP contribution in [0.2, 0.25) is 0 Å². The third-order valence-electron chi connectivity index (χ3n) is 4.36. The highest BCUT2D eigenvalue weighted by molar-refractivity contribution is 7.99. The van der Waals surface area contributed by atoms with Crippen molar-refractivity contribution in [2.75, 3.05) is 11.1 Å². The van der Waals surface area contributed by atoms with Crippen LogP contribution in [0.15, 0.2) is 77.7 Å². The van der Waals surface area contributed by atoms with Crippen molar-refractivity contribution in [1.82, 2.24) is 4.98 Å². The summed E-state index contributed by atoms with van der Waals surface area (Å²) < 4.78 is 14.1. The van der Waals surface area contributed by atoms with Crippen molar-refractivity contribution in [3.8, 4) is 10.6 Å². The fourth-order valence-electron chi connectivity index (χ4n) is 2.93. The van der Waals surface area contributed by atoms with Crippen molar-refractivity contribution in [1.29, 1.82) is 0 Å². The molecule has 29 heavy (non-hydrogen) atoms. The first-order valence-corrected chi connectivity index (χ1v) is 11.1. The van der Waals surface area contributed by atoms with Crippen molar-refractivity contribution in [2.45, 2.75) is 17.7 Å². The summed E-state index contributed by atoms with van der Waals surface area (Å²) >= 11 is 3.24. The third kappa shape index (κ3) is 5.02. The molecule has 4 aromatic rings. The molecule has 146 valence electrons. The molecule has 0 aliphatic heterocycles. The number of hydrogen-bond acceptors (Lipinski definition) is 4. The largest absolute Gasteiger partial charge is 0.325 e. The van der Waals surface area contributed by atoms with Gasteiger partial charge in [0.15, 0.2) is 0 Å².